The Bertz CT molecular complexity index is 390. The molecule has 1 aliphatic heterocycles. The van der Waals surface area contributed by atoms with Gasteiger partial charge in [0.25, 0.3) is 0 Å². The predicted octanol–water partition coefficient (Wildman–Crippen LogP) is 0.710. The van der Waals surface area contributed by atoms with Crippen LogP contribution >= 0.6 is 15.9 Å². The molecule has 1 aliphatic rings. The lowest BCUT2D eigenvalue weighted by Crippen LogP contribution is -2.22. The van der Waals surface area contributed by atoms with Crippen LogP contribution in [0, 0.1) is 0 Å². The number of benzene rings is 1. The Balaban J connectivity index is 2.15. The molecule has 0 radical (unpaired) electrons. The Morgan fingerprint density at radius 1 is 1.35 bits per heavy atom. The minimum absolute atomic E-state index is 0.485. The summed E-state index contributed by atoms with van der Waals surface area (Å²) in [5, 5.41) is 22.2. The van der Waals surface area contributed by atoms with Gasteiger partial charge >= 0.3 is 0 Å². The zero-order valence-corrected chi connectivity index (χ0v) is 11.3. The highest BCUT2D eigenvalue weighted by Gasteiger charge is 2.29. The average Bonchev–Trinajstić information content (AvgIpc) is 2.62. The molecule has 2 rings (SSSR count). The van der Waals surface area contributed by atoms with E-state index >= 15 is 0 Å². The molecule has 1 aromatic carbocycles. The second-order valence-electron chi connectivity index (χ2n) is 4.35. The summed E-state index contributed by atoms with van der Waals surface area (Å²) in [6, 6.07) is 6.09. The Morgan fingerprint density at radius 2 is 2.00 bits per heavy atom. The maximum absolute atomic E-state index is 9.52. The third-order valence-electron chi connectivity index (χ3n) is 3.03. The lowest BCUT2D eigenvalue weighted by molar-refractivity contribution is 0.0572. The standard InChI is InChI=1S/C12H17BrN2O2/c1-14-5-8-2-3-9(4-10(8)13)15-6-11(16)12(17)7-15/h2-4,11-12,14,16-17H,5-7H2,1H3. The summed E-state index contributed by atoms with van der Waals surface area (Å²) < 4.78 is 1.04. The summed E-state index contributed by atoms with van der Waals surface area (Å²) in [4.78, 5) is 1.99. The predicted molar refractivity (Wildman–Crippen MR) is 71.1 cm³/mol. The molecule has 5 heteroatoms. The van der Waals surface area contributed by atoms with Crippen LogP contribution in [0.2, 0.25) is 0 Å². The van der Waals surface area contributed by atoms with Gasteiger partial charge in [0.2, 0.25) is 0 Å². The van der Waals surface area contributed by atoms with Crippen molar-refractivity contribution in [2.75, 3.05) is 25.0 Å². The van der Waals surface area contributed by atoms with Crippen LogP contribution in [0.25, 0.3) is 0 Å². The summed E-state index contributed by atoms with van der Waals surface area (Å²) in [6.07, 6.45) is -1.29. The SMILES string of the molecule is CNCc1ccc(N2CC(O)C(O)C2)cc1Br. The molecule has 17 heavy (non-hydrogen) atoms. The fourth-order valence-corrected chi connectivity index (χ4v) is 2.55. The van der Waals surface area contributed by atoms with Gasteiger partial charge in [-0.15, -0.1) is 0 Å². The molecular formula is C12H17BrN2O2. The molecule has 0 aliphatic carbocycles. The number of nitrogens with zero attached hydrogens (tertiary/aromatic N) is 1. The van der Waals surface area contributed by atoms with Gasteiger partial charge in [0.15, 0.2) is 0 Å². The van der Waals surface area contributed by atoms with Gasteiger partial charge in [0.1, 0.15) is 0 Å². The van der Waals surface area contributed by atoms with Crippen LogP contribution in [0.3, 0.4) is 0 Å². The first-order valence-corrected chi connectivity index (χ1v) is 6.45. The molecule has 2 atom stereocenters. The number of rotatable bonds is 3. The number of hydrogen-bond donors (Lipinski definition) is 3. The largest absolute Gasteiger partial charge is 0.389 e. The monoisotopic (exact) mass is 300 g/mol. The van der Waals surface area contributed by atoms with Crippen molar-refractivity contribution in [1.29, 1.82) is 0 Å². The molecule has 0 spiro atoms. The number of anilines is 1. The number of β-amino-alcohol motifs (C(OH)–C–C–N with tert-alkyl or cyclic N) is 2. The van der Waals surface area contributed by atoms with E-state index in [1.807, 2.05) is 30.1 Å². The Labute approximate surface area is 109 Å². The van der Waals surface area contributed by atoms with Crippen molar-refractivity contribution in [3.05, 3.63) is 28.2 Å². The summed E-state index contributed by atoms with van der Waals surface area (Å²) in [6.45, 7) is 1.78. The maximum Gasteiger partial charge on any atom is 0.0990 e. The number of aliphatic hydroxyl groups excluding tert-OH is 2. The van der Waals surface area contributed by atoms with E-state index in [2.05, 4.69) is 21.2 Å². The van der Waals surface area contributed by atoms with E-state index in [0.717, 1.165) is 16.7 Å². The van der Waals surface area contributed by atoms with Gasteiger partial charge < -0.3 is 20.4 Å². The molecule has 0 saturated carbocycles. The van der Waals surface area contributed by atoms with E-state index in [-0.39, 0.29) is 0 Å². The summed E-state index contributed by atoms with van der Waals surface area (Å²) >= 11 is 3.53. The van der Waals surface area contributed by atoms with Crippen LogP contribution in [-0.2, 0) is 6.54 Å². The third-order valence-corrected chi connectivity index (χ3v) is 3.77. The first-order valence-electron chi connectivity index (χ1n) is 5.66. The van der Waals surface area contributed by atoms with Gasteiger partial charge in [0.05, 0.1) is 12.2 Å². The first-order chi connectivity index (χ1) is 8.11. The smallest absolute Gasteiger partial charge is 0.0990 e. The third kappa shape index (κ3) is 2.80. The van der Waals surface area contributed by atoms with E-state index in [0.29, 0.717) is 13.1 Å². The molecule has 0 amide bonds. The normalized spacial score (nSPS) is 24.4. The lowest BCUT2D eigenvalue weighted by Gasteiger charge is -2.18. The Hall–Kier alpha value is -0.620. The lowest BCUT2D eigenvalue weighted by atomic mass is 10.2. The van der Waals surface area contributed by atoms with Crippen LogP contribution in [-0.4, -0.2) is 42.6 Å². The van der Waals surface area contributed by atoms with Crippen LogP contribution in [0.4, 0.5) is 5.69 Å². The van der Waals surface area contributed by atoms with Crippen molar-refractivity contribution in [2.45, 2.75) is 18.8 Å². The second-order valence-corrected chi connectivity index (χ2v) is 5.20. The average molecular weight is 301 g/mol. The van der Waals surface area contributed by atoms with Crippen LogP contribution < -0.4 is 10.2 Å². The van der Waals surface area contributed by atoms with Crippen molar-refractivity contribution in [2.24, 2.45) is 0 Å². The summed E-state index contributed by atoms with van der Waals surface area (Å²) in [5.74, 6) is 0. The minimum Gasteiger partial charge on any atom is -0.389 e. The zero-order valence-electron chi connectivity index (χ0n) is 9.73. The van der Waals surface area contributed by atoms with Crippen molar-refractivity contribution in [3.8, 4) is 0 Å². The number of aliphatic hydroxyl groups is 2. The van der Waals surface area contributed by atoms with E-state index in [1.165, 1.54) is 5.56 Å². The number of halogens is 1. The van der Waals surface area contributed by atoms with Crippen LogP contribution in [0.1, 0.15) is 5.56 Å². The molecule has 0 bridgehead atoms. The zero-order chi connectivity index (χ0) is 12.4. The minimum atomic E-state index is -0.647. The van der Waals surface area contributed by atoms with Gasteiger partial charge in [-0.25, -0.2) is 0 Å². The van der Waals surface area contributed by atoms with E-state index in [4.69, 9.17) is 0 Å². The molecular weight excluding hydrogens is 284 g/mol. The van der Waals surface area contributed by atoms with E-state index in [1.54, 1.807) is 0 Å². The second kappa shape index (κ2) is 5.35. The molecule has 2 unspecified atom stereocenters. The van der Waals surface area contributed by atoms with Crippen molar-refractivity contribution >= 4 is 21.6 Å². The molecule has 1 saturated heterocycles. The number of hydrogen-bond acceptors (Lipinski definition) is 4. The van der Waals surface area contributed by atoms with Gasteiger partial charge in [0, 0.05) is 29.8 Å². The molecule has 1 fully saturated rings. The van der Waals surface area contributed by atoms with Gasteiger partial charge in [-0.1, -0.05) is 22.0 Å². The van der Waals surface area contributed by atoms with Crippen LogP contribution in [0.5, 0.6) is 0 Å². The quantitative estimate of drug-likeness (QED) is 0.770. The highest BCUT2D eigenvalue weighted by atomic mass is 79.9. The highest BCUT2D eigenvalue weighted by molar-refractivity contribution is 9.10. The van der Waals surface area contributed by atoms with Crippen molar-refractivity contribution in [1.82, 2.24) is 5.32 Å². The molecule has 1 aromatic rings. The molecule has 1 heterocycles. The van der Waals surface area contributed by atoms with Crippen molar-refractivity contribution < 1.29 is 10.2 Å². The maximum atomic E-state index is 9.52. The number of nitrogens with one attached hydrogen (secondary N) is 1. The molecule has 4 nitrogen and oxygen atoms in total. The Kier molecular flexibility index (Phi) is 4.04. The van der Waals surface area contributed by atoms with Gasteiger partial charge in [-0.05, 0) is 24.7 Å². The van der Waals surface area contributed by atoms with Crippen LogP contribution in [0.15, 0.2) is 22.7 Å². The fourth-order valence-electron chi connectivity index (χ4n) is 2.05. The van der Waals surface area contributed by atoms with Gasteiger partial charge in [-0.2, -0.15) is 0 Å². The fraction of sp³-hybridized carbons (Fsp3) is 0.500. The van der Waals surface area contributed by atoms with E-state index < -0.39 is 12.2 Å². The highest BCUT2D eigenvalue weighted by Crippen LogP contribution is 2.26. The molecule has 94 valence electrons. The topological polar surface area (TPSA) is 55.7 Å². The Morgan fingerprint density at radius 3 is 2.53 bits per heavy atom. The first kappa shape index (κ1) is 12.8. The summed E-state index contributed by atoms with van der Waals surface area (Å²) in [7, 11) is 1.91. The van der Waals surface area contributed by atoms with Gasteiger partial charge in [-0.3, -0.25) is 0 Å². The van der Waals surface area contributed by atoms with Crippen molar-refractivity contribution in [3.63, 3.8) is 0 Å². The molecule has 3 N–H and O–H groups in total. The molecule has 0 aromatic heterocycles. The summed E-state index contributed by atoms with van der Waals surface area (Å²) in [5.41, 5.74) is 2.21. The van der Waals surface area contributed by atoms with E-state index in [9.17, 15) is 10.2 Å².